The summed E-state index contributed by atoms with van der Waals surface area (Å²) in [6.07, 6.45) is 57.3. The molecule has 0 aromatic rings. The van der Waals surface area contributed by atoms with Gasteiger partial charge in [-0.05, 0) is 64.2 Å². The highest BCUT2D eigenvalue weighted by Gasteiger charge is 2.17. The van der Waals surface area contributed by atoms with E-state index in [0.717, 1.165) is 57.8 Å². The van der Waals surface area contributed by atoms with Gasteiger partial charge in [0.2, 0.25) is 5.91 Å². The summed E-state index contributed by atoms with van der Waals surface area (Å²) in [7, 11) is 0. The van der Waals surface area contributed by atoms with Crippen LogP contribution >= 0.6 is 0 Å². The van der Waals surface area contributed by atoms with Gasteiger partial charge in [0.15, 0.2) is 0 Å². The molecular weight excluding hydrogens is 602 g/mol. The summed E-state index contributed by atoms with van der Waals surface area (Å²) >= 11 is 0. The average molecular weight is 682 g/mol. The highest BCUT2D eigenvalue weighted by Crippen LogP contribution is 2.14. The Bertz CT molecular complexity index is 868. The molecular formula is C45H79NO3. The number of rotatable bonds is 36. The molecule has 0 aromatic carbocycles. The van der Waals surface area contributed by atoms with Crippen molar-refractivity contribution < 1.29 is 15.0 Å². The van der Waals surface area contributed by atoms with Crippen LogP contribution in [0, 0.1) is 0 Å². The minimum absolute atomic E-state index is 0.0726. The molecule has 0 aromatic heterocycles. The minimum Gasteiger partial charge on any atom is -0.394 e. The van der Waals surface area contributed by atoms with E-state index >= 15 is 0 Å². The number of amides is 1. The number of nitrogens with one attached hydrogen (secondary N) is 1. The highest BCUT2D eigenvalue weighted by molar-refractivity contribution is 5.76. The molecule has 0 saturated heterocycles. The van der Waals surface area contributed by atoms with E-state index in [1.54, 1.807) is 6.08 Å². The predicted octanol–water partition coefficient (Wildman–Crippen LogP) is 12.7. The van der Waals surface area contributed by atoms with Crippen LogP contribution in [0.1, 0.15) is 187 Å². The molecule has 0 aliphatic rings. The number of carbonyl (C=O) groups excluding carboxylic acids is 1. The lowest BCUT2D eigenvalue weighted by Crippen LogP contribution is -2.45. The van der Waals surface area contributed by atoms with E-state index in [4.69, 9.17) is 0 Å². The monoisotopic (exact) mass is 682 g/mol. The van der Waals surface area contributed by atoms with Crippen LogP contribution in [0.25, 0.3) is 0 Å². The molecule has 2 atom stereocenters. The van der Waals surface area contributed by atoms with E-state index < -0.39 is 12.1 Å². The quantitative estimate of drug-likeness (QED) is 0.0455. The molecule has 0 aliphatic carbocycles. The number of hydrogen-bond acceptors (Lipinski definition) is 3. The molecule has 0 heterocycles. The smallest absolute Gasteiger partial charge is 0.220 e. The summed E-state index contributed by atoms with van der Waals surface area (Å²) in [5, 5.41) is 22.8. The van der Waals surface area contributed by atoms with Crippen molar-refractivity contribution in [2.75, 3.05) is 6.61 Å². The molecule has 0 radical (unpaired) electrons. The lowest BCUT2D eigenvalue weighted by molar-refractivity contribution is -0.123. The number of unbranched alkanes of at least 4 members (excludes halogenated alkanes) is 19. The van der Waals surface area contributed by atoms with Crippen molar-refractivity contribution in [3.63, 3.8) is 0 Å². The summed E-state index contributed by atoms with van der Waals surface area (Å²) in [6.45, 7) is 4.14. The van der Waals surface area contributed by atoms with Crippen molar-refractivity contribution >= 4 is 5.91 Å². The lowest BCUT2D eigenvalue weighted by atomic mass is 10.0. The molecule has 49 heavy (non-hydrogen) atoms. The average Bonchev–Trinajstić information content (AvgIpc) is 3.10. The largest absolute Gasteiger partial charge is 0.394 e. The Morgan fingerprint density at radius 1 is 0.510 bits per heavy atom. The maximum absolute atomic E-state index is 12.3. The zero-order valence-electron chi connectivity index (χ0n) is 32.2. The molecule has 282 valence electrons. The van der Waals surface area contributed by atoms with E-state index in [1.165, 1.54) is 109 Å². The van der Waals surface area contributed by atoms with Crippen LogP contribution in [0.15, 0.2) is 72.9 Å². The van der Waals surface area contributed by atoms with Crippen LogP contribution in [-0.4, -0.2) is 34.9 Å². The maximum Gasteiger partial charge on any atom is 0.220 e. The van der Waals surface area contributed by atoms with Crippen LogP contribution < -0.4 is 5.32 Å². The summed E-state index contributed by atoms with van der Waals surface area (Å²) in [6, 6.07) is -0.622. The highest BCUT2D eigenvalue weighted by atomic mass is 16.3. The predicted molar refractivity (Wildman–Crippen MR) is 216 cm³/mol. The third-order valence-electron chi connectivity index (χ3n) is 8.95. The molecule has 0 bridgehead atoms. The number of aliphatic hydroxyl groups excluding tert-OH is 2. The van der Waals surface area contributed by atoms with Crippen LogP contribution in [0.5, 0.6) is 0 Å². The third kappa shape index (κ3) is 36.9. The molecule has 4 heteroatoms. The van der Waals surface area contributed by atoms with Gasteiger partial charge in [0.1, 0.15) is 0 Å². The van der Waals surface area contributed by atoms with Gasteiger partial charge in [-0.15, -0.1) is 0 Å². The first-order valence-electron chi connectivity index (χ1n) is 20.7. The van der Waals surface area contributed by atoms with Crippen LogP contribution in [0.2, 0.25) is 0 Å². The Morgan fingerprint density at radius 3 is 1.35 bits per heavy atom. The molecule has 0 saturated carbocycles. The van der Waals surface area contributed by atoms with E-state index in [-0.39, 0.29) is 12.5 Å². The van der Waals surface area contributed by atoms with E-state index in [2.05, 4.69) is 79.9 Å². The fourth-order valence-corrected chi connectivity index (χ4v) is 5.79. The van der Waals surface area contributed by atoms with Crippen molar-refractivity contribution in [3.8, 4) is 0 Å². The molecule has 3 N–H and O–H groups in total. The zero-order chi connectivity index (χ0) is 35.7. The Hall–Kier alpha value is -2.17. The number of carbonyl (C=O) groups is 1. The summed E-state index contributed by atoms with van der Waals surface area (Å²) in [5.41, 5.74) is 0. The summed E-state index contributed by atoms with van der Waals surface area (Å²) in [4.78, 5) is 12.3. The van der Waals surface area contributed by atoms with Crippen molar-refractivity contribution in [2.24, 2.45) is 0 Å². The fraction of sp³-hybridized carbons (Fsp3) is 0.711. The van der Waals surface area contributed by atoms with Crippen LogP contribution in [0.3, 0.4) is 0 Å². The molecule has 1 amide bonds. The first kappa shape index (κ1) is 46.8. The van der Waals surface area contributed by atoms with E-state index in [0.29, 0.717) is 6.42 Å². The molecule has 4 nitrogen and oxygen atoms in total. The molecule has 0 spiro atoms. The van der Waals surface area contributed by atoms with Crippen molar-refractivity contribution in [3.05, 3.63) is 72.9 Å². The molecule has 0 fully saturated rings. The maximum atomic E-state index is 12.3. The van der Waals surface area contributed by atoms with Gasteiger partial charge in [-0.25, -0.2) is 0 Å². The number of allylic oxidation sites excluding steroid dienone is 11. The standard InChI is InChI=1S/C45H79NO3/c1-3-5-7-9-11-13-14-15-16-17-18-19-20-21-22-23-24-25-26-27-28-29-30-31-32-33-35-37-39-41-45(49)46-43(42-47)44(48)40-38-36-34-12-10-8-6-4-2/h5,7,11,13,15-16,18-19,21-22,38,40,43-44,47-48H,3-4,6,8-10,12,14,17,20,23-37,39,41-42H2,1-2H3,(H,46,49)/b7-5-,13-11-,16-15-,19-18-,22-21-,40-38+. The molecule has 2 unspecified atom stereocenters. The first-order valence-corrected chi connectivity index (χ1v) is 20.7. The van der Waals surface area contributed by atoms with Crippen LogP contribution in [-0.2, 0) is 4.79 Å². The number of hydrogen-bond donors (Lipinski definition) is 3. The van der Waals surface area contributed by atoms with E-state index in [9.17, 15) is 15.0 Å². The fourth-order valence-electron chi connectivity index (χ4n) is 5.79. The van der Waals surface area contributed by atoms with E-state index in [1.807, 2.05) is 6.08 Å². The second-order valence-electron chi connectivity index (χ2n) is 13.7. The Morgan fingerprint density at radius 2 is 0.898 bits per heavy atom. The Kier molecular flexibility index (Phi) is 38.5. The normalized spacial score (nSPS) is 13.8. The third-order valence-corrected chi connectivity index (χ3v) is 8.95. The van der Waals surface area contributed by atoms with Gasteiger partial charge in [-0.2, -0.15) is 0 Å². The van der Waals surface area contributed by atoms with Gasteiger partial charge < -0.3 is 15.5 Å². The van der Waals surface area contributed by atoms with Gasteiger partial charge in [0.25, 0.3) is 0 Å². The molecule has 0 aliphatic heterocycles. The number of aliphatic hydroxyl groups is 2. The minimum atomic E-state index is -0.839. The first-order chi connectivity index (χ1) is 24.2. The second kappa shape index (κ2) is 40.3. The molecule has 0 rings (SSSR count). The second-order valence-corrected chi connectivity index (χ2v) is 13.7. The van der Waals surface area contributed by atoms with Crippen molar-refractivity contribution in [1.29, 1.82) is 0 Å². The summed E-state index contributed by atoms with van der Waals surface area (Å²) in [5.74, 6) is -0.0726. The van der Waals surface area contributed by atoms with Gasteiger partial charge in [-0.1, -0.05) is 189 Å². The van der Waals surface area contributed by atoms with Crippen LogP contribution in [0.4, 0.5) is 0 Å². The zero-order valence-corrected chi connectivity index (χ0v) is 32.2. The summed E-state index contributed by atoms with van der Waals surface area (Å²) < 4.78 is 0. The lowest BCUT2D eigenvalue weighted by Gasteiger charge is -2.20. The van der Waals surface area contributed by atoms with Gasteiger partial charge in [-0.3, -0.25) is 4.79 Å². The topological polar surface area (TPSA) is 69.6 Å². The van der Waals surface area contributed by atoms with Crippen molar-refractivity contribution in [2.45, 2.75) is 199 Å². The van der Waals surface area contributed by atoms with Gasteiger partial charge in [0, 0.05) is 6.42 Å². The van der Waals surface area contributed by atoms with Crippen molar-refractivity contribution in [1.82, 2.24) is 5.32 Å². The Labute approximate surface area is 304 Å². The van der Waals surface area contributed by atoms with Gasteiger partial charge in [0.05, 0.1) is 18.8 Å². The Balaban J connectivity index is 3.52. The van der Waals surface area contributed by atoms with Gasteiger partial charge >= 0.3 is 0 Å². The SMILES string of the molecule is CC/C=C\C/C=C\C/C=C\C/C=C\C/C=C\CCCCCCCCCCCCCCCC(=O)NC(CO)C(O)/C=C/CCCCCCCC.